The van der Waals surface area contributed by atoms with Crippen molar-refractivity contribution >= 4 is 11.7 Å². The zero-order valence-electron chi connectivity index (χ0n) is 15.8. The Labute approximate surface area is 160 Å². The van der Waals surface area contributed by atoms with Crippen LogP contribution in [0, 0.1) is 6.92 Å². The summed E-state index contributed by atoms with van der Waals surface area (Å²) in [4.78, 5) is 26.1. The van der Waals surface area contributed by atoms with Crippen molar-refractivity contribution in [2.75, 3.05) is 44.3 Å². The van der Waals surface area contributed by atoms with Crippen LogP contribution in [0.1, 0.15) is 40.4 Å². The number of nitrogens with zero attached hydrogens (tertiary/aromatic N) is 4. The molecule has 1 amide bonds. The molecule has 0 saturated carbocycles. The van der Waals surface area contributed by atoms with E-state index in [1.54, 1.807) is 6.33 Å². The normalized spacial score (nSPS) is 20.6. The maximum absolute atomic E-state index is 12.9. The Morgan fingerprint density at radius 1 is 1.15 bits per heavy atom. The van der Waals surface area contributed by atoms with Gasteiger partial charge in [0.05, 0.1) is 18.9 Å². The van der Waals surface area contributed by atoms with E-state index in [2.05, 4.69) is 20.9 Å². The molecule has 1 aromatic heterocycles. The highest BCUT2D eigenvalue weighted by atomic mass is 16.5. The number of piperidine rings is 1. The number of ether oxygens (including phenoxy) is 1. The summed E-state index contributed by atoms with van der Waals surface area (Å²) < 4.78 is 5.43. The lowest BCUT2D eigenvalue weighted by atomic mass is 9.93. The summed E-state index contributed by atoms with van der Waals surface area (Å²) in [6.07, 6.45) is 3.71. The first kappa shape index (κ1) is 17.9. The summed E-state index contributed by atoms with van der Waals surface area (Å²) in [6.45, 7) is 6.74. The van der Waals surface area contributed by atoms with Gasteiger partial charge in [0, 0.05) is 43.7 Å². The molecule has 4 rings (SSSR count). The largest absolute Gasteiger partial charge is 0.378 e. The van der Waals surface area contributed by atoms with E-state index in [4.69, 9.17) is 4.74 Å². The molecule has 3 heterocycles. The summed E-state index contributed by atoms with van der Waals surface area (Å²) in [5.74, 6) is 1.34. The lowest BCUT2D eigenvalue weighted by Crippen LogP contribution is -2.39. The van der Waals surface area contributed by atoms with E-state index >= 15 is 0 Å². The van der Waals surface area contributed by atoms with Crippen LogP contribution < -0.4 is 4.90 Å². The molecule has 6 heteroatoms. The first-order valence-electron chi connectivity index (χ1n) is 9.71. The van der Waals surface area contributed by atoms with Gasteiger partial charge in [-0.15, -0.1) is 0 Å². The first-order chi connectivity index (χ1) is 13.2. The molecule has 142 valence electrons. The van der Waals surface area contributed by atoms with Crippen molar-refractivity contribution < 1.29 is 9.53 Å². The van der Waals surface area contributed by atoms with Gasteiger partial charge in [-0.05, 0) is 31.9 Å². The lowest BCUT2D eigenvalue weighted by Gasteiger charge is -2.33. The van der Waals surface area contributed by atoms with E-state index in [0.717, 1.165) is 68.3 Å². The Kier molecular flexibility index (Phi) is 5.34. The SMILES string of the molecule is Cc1cccc(C(=O)N2CCC[C@H](c3cc(N4CCOCC4)ncn3)C2)c1. The molecular formula is C21H26N4O2. The maximum Gasteiger partial charge on any atom is 0.253 e. The van der Waals surface area contributed by atoms with Gasteiger partial charge in [0.25, 0.3) is 5.91 Å². The van der Waals surface area contributed by atoms with Crippen LogP contribution in [0.4, 0.5) is 5.82 Å². The number of anilines is 1. The number of likely N-dealkylation sites (tertiary alicyclic amines) is 1. The number of carbonyl (C=O) groups is 1. The van der Waals surface area contributed by atoms with E-state index in [1.165, 1.54) is 0 Å². The minimum Gasteiger partial charge on any atom is -0.378 e. The summed E-state index contributed by atoms with van der Waals surface area (Å²) in [6, 6.07) is 9.93. The van der Waals surface area contributed by atoms with Crippen molar-refractivity contribution in [1.29, 1.82) is 0 Å². The van der Waals surface area contributed by atoms with Crippen LogP contribution in [0.15, 0.2) is 36.7 Å². The van der Waals surface area contributed by atoms with E-state index in [0.29, 0.717) is 6.54 Å². The fourth-order valence-corrected chi connectivity index (χ4v) is 3.91. The first-order valence-corrected chi connectivity index (χ1v) is 9.71. The predicted octanol–water partition coefficient (Wildman–Crippen LogP) is 2.64. The Bertz CT molecular complexity index is 804. The van der Waals surface area contributed by atoms with Crippen molar-refractivity contribution in [3.8, 4) is 0 Å². The molecule has 1 aromatic carbocycles. The van der Waals surface area contributed by atoms with Crippen molar-refractivity contribution in [3.05, 3.63) is 53.5 Å². The Balaban J connectivity index is 1.49. The van der Waals surface area contributed by atoms with Crippen LogP contribution in [0.3, 0.4) is 0 Å². The Morgan fingerprint density at radius 3 is 2.81 bits per heavy atom. The highest BCUT2D eigenvalue weighted by Gasteiger charge is 2.27. The van der Waals surface area contributed by atoms with Crippen LogP contribution in [0.25, 0.3) is 0 Å². The molecule has 0 bridgehead atoms. The number of aryl methyl sites for hydroxylation is 1. The summed E-state index contributed by atoms with van der Waals surface area (Å²) in [5, 5.41) is 0. The standard InChI is InChI=1S/C21H26N4O2/c1-16-4-2-5-17(12-16)21(26)25-7-3-6-18(14-25)19-13-20(23-15-22-19)24-8-10-27-11-9-24/h2,4-5,12-13,15,18H,3,6-11,14H2,1H3/t18-/m0/s1. The summed E-state index contributed by atoms with van der Waals surface area (Å²) in [5.41, 5.74) is 2.92. The van der Waals surface area contributed by atoms with Crippen molar-refractivity contribution in [2.45, 2.75) is 25.7 Å². The molecule has 0 spiro atoms. The van der Waals surface area contributed by atoms with Crippen LogP contribution >= 0.6 is 0 Å². The number of benzene rings is 1. The molecule has 0 aliphatic carbocycles. The number of amides is 1. The molecule has 6 nitrogen and oxygen atoms in total. The lowest BCUT2D eigenvalue weighted by molar-refractivity contribution is 0.0705. The molecule has 27 heavy (non-hydrogen) atoms. The highest BCUT2D eigenvalue weighted by molar-refractivity contribution is 5.94. The zero-order valence-corrected chi connectivity index (χ0v) is 15.8. The monoisotopic (exact) mass is 366 g/mol. The zero-order chi connectivity index (χ0) is 18.6. The average Bonchev–Trinajstić information content (AvgIpc) is 2.74. The van der Waals surface area contributed by atoms with Gasteiger partial charge >= 0.3 is 0 Å². The molecule has 1 atom stereocenters. The summed E-state index contributed by atoms with van der Waals surface area (Å²) in [7, 11) is 0. The molecule has 2 aliphatic rings. The van der Waals surface area contributed by atoms with E-state index < -0.39 is 0 Å². The molecule has 2 aliphatic heterocycles. The molecule has 0 unspecified atom stereocenters. The number of morpholine rings is 1. The smallest absolute Gasteiger partial charge is 0.253 e. The van der Waals surface area contributed by atoms with Gasteiger partial charge < -0.3 is 14.5 Å². The summed E-state index contributed by atoms with van der Waals surface area (Å²) >= 11 is 0. The van der Waals surface area contributed by atoms with Gasteiger partial charge in [-0.2, -0.15) is 0 Å². The van der Waals surface area contributed by atoms with Gasteiger partial charge in [0.2, 0.25) is 0 Å². The topological polar surface area (TPSA) is 58.6 Å². The van der Waals surface area contributed by atoms with Crippen molar-refractivity contribution in [1.82, 2.24) is 14.9 Å². The Hall–Kier alpha value is -2.47. The van der Waals surface area contributed by atoms with Gasteiger partial charge in [-0.3, -0.25) is 4.79 Å². The third-order valence-corrected chi connectivity index (χ3v) is 5.40. The van der Waals surface area contributed by atoms with Gasteiger partial charge in [-0.25, -0.2) is 9.97 Å². The van der Waals surface area contributed by atoms with Crippen LogP contribution in [0.5, 0.6) is 0 Å². The second kappa shape index (κ2) is 8.05. The van der Waals surface area contributed by atoms with Crippen LogP contribution in [-0.4, -0.2) is 60.2 Å². The number of rotatable bonds is 3. The number of aromatic nitrogens is 2. The second-order valence-corrected chi connectivity index (χ2v) is 7.36. The van der Waals surface area contributed by atoms with E-state index in [-0.39, 0.29) is 11.8 Å². The number of hydrogen-bond acceptors (Lipinski definition) is 5. The minimum absolute atomic E-state index is 0.117. The van der Waals surface area contributed by atoms with Crippen LogP contribution in [0.2, 0.25) is 0 Å². The van der Waals surface area contributed by atoms with E-state index in [1.807, 2.05) is 36.1 Å². The quantitative estimate of drug-likeness (QED) is 0.836. The van der Waals surface area contributed by atoms with Gasteiger partial charge in [-0.1, -0.05) is 17.7 Å². The molecule has 0 radical (unpaired) electrons. The molecule has 0 N–H and O–H groups in total. The maximum atomic E-state index is 12.9. The van der Waals surface area contributed by atoms with Gasteiger partial charge in [0.1, 0.15) is 12.1 Å². The van der Waals surface area contributed by atoms with Crippen LogP contribution in [-0.2, 0) is 4.74 Å². The number of hydrogen-bond donors (Lipinski definition) is 0. The Morgan fingerprint density at radius 2 is 2.00 bits per heavy atom. The second-order valence-electron chi connectivity index (χ2n) is 7.36. The predicted molar refractivity (Wildman–Crippen MR) is 104 cm³/mol. The fourth-order valence-electron chi connectivity index (χ4n) is 3.91. The molecule has 2 aromatic rings. The minimum atomic E-state index is 0.117. The highest BCUT2D eigenvalue weighted by Crippen LogP contribution is 2.28. The van der Waals surface area contributed by atoms with Crippen molar-refractivity contribution in [3.63, 3.8) is 0 Å². The third-order valence-electron chi connectivity index (χ3n) is 5.40. The van der Waals surface area contributed by atoms with Gasteiger partial charge in [0.15, 0.2) is 0 Å². The fraction of sp³-hybridized carbons (Fsp3) is 0.476. The van der Waals surface area contributed by atoms with Crippen molar-refractivity contribution in [2.24, 2.45) is 0 Å². The molecule has 2 saturated heterocycles. The molecule has 2 fully saturated rings. The number of carbonyl (C=O) groups excluding carboxylic acids is 1. The average molecular weight is 366 g/mol. The molecular weight excluding hydrogens is 340 g/mol. The third kappa shape index (κ3) is 4.11. The van der Waals surface area contributed by atoms with E-state index in [9.17, 15) is 4.79 Å².